The van der Waals surface area contributed by atoms with Gasteiger partial charge in [0, 0.05) is 24.0 Å². The van der Waals surface area contributed by atoms with Crippen molar-refractivity contribution in [2.75, 3.05) is 6.61 Å². The van der Waals surface area contributed by atoms with Crippen LogP contribution in [0.4, 0.5) is 0 Å². The molecule has 12 nitrogen and oxygen atoms in total. The van der Waals surface area contributed by atoms with Gasteiger partial charge in [0.2, 0.25) is 6.29 Å². The molecule has 0 amide bonds. The van der Waals surface area contributed by atoms with E-state index < -0.39 is 67.4 Å². The molecule has 2 aliphatic rings. The number of aromatic nitrogens is 1. The molecule has 2 aliphatic heterocycles. The Kier molecular flexibility index (Phi) is 9.92. The molecule has 0 unspecified atom stereocenters. The van der Waals surface area contributed by atoms with E-state index in [0.717, 1.165) is 11.8 Å². The minimum Gasteiger partial charge on any atom is -0.481 e. The van der Waals surface area contributed by atoms with Crippen LogP contribution in [0.5, 0.6) is 0 Å². The number of carboxylic acid groups (broad SMARTS) is 2. The van der Waals surface area contributed by atoms with Crippen molar-refractivity contribution in [2.45, 2.75) is 56.4 Å². The number of aliphatic hydroxyl groups is 4. The van der Waals surface area contributed by atoms with E-state index in [2.05, 4.69) is 6.58 Å². The van der Waals surface area contributed by atoms with Crippen LogP contribution in [-0.2, 0) is 30.3 Å². The summed E-state index contributed by atoms with van der Waals surface area (Å²) >= 11 is 0. The quantitative estimate of drug-likeness (QED) is 0.161. The van der Waals surface area contributed by atoms with Gasteiger partial charge >= 0.3 is 11.9 Å². The summed E-state index contributed by atoms with van der Waals surface area (Å²) in [5, 5.41) is 58.3. The largest absolute Gasteiger partial charge is 0.481 e. The third-order valence-corrected chi connectivity index (χ3v) is 6.24. The van der Waals surface area contributed by atoms with Crippen LogP contribution >= 0.6 is 0 Å². The number of aryl methyl sites for hydroxylation is 1. The molecule has 202 valence electrons. The first-order valence-electron chi connectivity index (χ1n) is 11.7. The number of carbonyl (C=O) groups is 2. The maximum atomic E-state index is 11.9. The first-order chi connectivity index (χ1) is 17.7. The lowest BCUT2D eigenvalue weighted by molar-refractivity contribution is -0.697. The van der Waals surface area contributed by atoms with E-state index in [4.69, 9.17) is 19.3 Å². The second-order valence-corrected chi connectivity index (χ2v) is 8.79. The van der Waals surface area contributed by atoms with E-state index >= 15 is 0 Å². The van der Waals surface area contributed by atoms with Crippen LogP contribution < -0.4 is 4.57 Å². The molecule has 8 atom stereocenters. The third-order valence-electron chi connectivity index (χ3n) is 6.24. The summed E-state index contributed by atoms with van der Waals surface area (Å²) in [6.45, 7) is 3.63. The molecule has 1 aromatic heterocycles. The van der Waals surface area contributed by atoms with Crippen molar-refractivity contribution in [2.24, 2.45) is 11.8 Å². The van der Waals surface area contributed by atoms with Crippen LogP contribution in [0.3, 0.4) is 0 Å². The lowest BCUT2D eigenvalue weighted by Crippen LogP contribution is -2.60. The molecule has 12 heteroatoms. The van der Waals surface area contributed by atoms with E-state index in [0.29, 0.717) is 13.0 Å². The summed E-state index contributed by atoms with van der Waals surface area (Å²) in [5.41, 5.74) is 0.670. The van der Waals surface area contributed by atoms with Gasteiger partial charge in [-0.2, -0.15) is 0 Å². The topological polar surface area (TPSA) is 187 Å². The molecule has 3 rings (SSSR count). The average Bonchev–Trinajstić information content (AvgIpc) is 2.87. The Morgan fingerprint density at radius 2 is 1.89 bits per heavy atom. The molecule has 1 aromatic rings. The van der Waals surface area contributed by atoms with Crippen molar-refractivity contribution < 1.29 is 59.0 Å². The van der Waals surface area contributed by atoms with E-state index in [9.17, 15) is 35.1 Å². The Morgan fingerprint density at radius 3 is 2.54 bits per heavy atom. The van der Waals surface area contributed by atoms with Gasteiger partial charge < -0.3 is 44.8 Å². The number of nitrogens with zero attached hydrogens (tertiary/aromatic N) is 1. The number of allylic oxidation sites excluding steroid dienone is 1. The summed E-state index contributed by atoms with van der Waals surface area (Å²) in [6.07, 6.45) is 1.21. The molecule has 37 heavy (non-hydrogen) atoms. The van der Waals surface area contributed by atoms with Crippen LogP contribution in [0.25, 0.3) is 6.08 Å². The monoisotopic (exact) mass is 522 g/mol. The SMILES string of the molecule is C=C[C@H]1[C@H](O[C@@H]2O[C@H](CO)[C@@H](O)[C@H](O)[C@H]2O)OC=C(C(=O)O)[C@H]1/C=C/c1ccc[n+](CCCC(=O)O)c1. The Morgan fingerprint density at radius 1 is 1.14 bits per heavy atom. The lowest BCUT2D eigenvalue weighted by atomic mass is 9.83. The van der Waals surface area contributed by atoms with Crippen molar-refractivity contribution >= 4 is 18.0 Å². The summed E-state index contributed by atoms with van der Waals surface area (Å²) in [7, 11) is 0. The van der Waals surface area contributed by atoms with Crippen LogP contribution in [0.15, 0.2) is 55.1 Å². The number of hydrogen-bond donors (Lipinski definition) is 6. The van der Waals surface area contributed by atoms with Crippen molar-refractivity contribution in [1.29, 1.82) is 0 Å². The Bertz CT molecular complexity index is 1020. The first kappa shape index (κ1) is 28.4. The zero-order valence-corrected chi connectivity index (χ0v) is 19.9. The second-order valence-electron chi connectivity index (χ2n) is 8.79. The maximum Gasteiger partial charge on any atom is 0.335 e. The van der Waals surface area contributed by atoms with Gasteiger partial charge in [-0.05, 0) is 6.07 Å². The third kappa shape index (κ3) is 7.01. The number of hydrogen-bond acceptors (Lipinski definition) is 9. The predicted octanol–water partition coefficient (Wildman–Crippen LogP) is -0.588. The summed E-state index contributed by atoms with van der Waals surface area (Å²) in [6, 6.07) is 3.59. The number of carboxylic acids is 2. The van der Waals surface area contributed by atoms with E-state index in [1.165, 1.54) is 6.08 Å². The molecule has 0 aliphatic carbocycles. The van der Waals surface area contributed by atoms with Gasteiger partial charge in [-0.15, -0.1) is 6.58 Å². The van der Waals surface area contributed by atoms with Gasteiger partial charge in [0.15, 0.2) is 18.7 Å². The highest BCUT2D eigenvalue weighted by atomic mass is 16.8. The summed E-state index contributed by atoms with van der Waals surface area (Å²) < 4.78 is 18.4. The van der Waals surface area contributed by atoms with Gasteiger partial charge in [-0.25, -0.2) is 9.36 Å². The van der Waals surface area contributed by atoms with Crippen molar-refractivity contribution in [3.63, 3.8) is 0 Å². The number of ether oxygens (including phenoxy) is 3. The predicted molar refractivity (Wildman–Crippen MR) is 125 cm³/mol. The van der Waals surface area contributed by atoms with E-state index in [-0.39, 0.29) is 12.0 Å². The first-order valence-corrected chi connectivity index (χ1v) is 11.7. The Labute approximate surface area is 213 Å². The molecular weight excluding hydrogens is 490 g/mol. The lowest BCUT2D eigenvalue weighted by Gasteiger charge is -2.42. The van der Waals surface area contributed by atoms with Crippen molar-refractivity contribution in [3.8, 4) is 0 Å². The highest BCUT2D eigenvalue weighted by molar-refractivity contribution is 5.88. The standard InChI is InChI=1S/C25H31NO11/c1-2-15-16(8-7-14-5-3-9-26(11-14)10-4-6-19(28)29)17(23(33)34)13-35-24(15)37-25-22(32)21(31)20(30)18(12-27)36-25/h2-3,5,7-9,11,13,15-16,18,20-22,24-25,27,30-32H,1,4,6,10,12H2,(H-,28,29,33,34)/p+1/b8-7+/t15-,16+,18-,20-,21+,22-,24+,25+/m1/s1. The number of aliphatic carboxylic acids is 2. The van der Waals surface area contributed by atoms with Crippen molar-refractivity contribution in [3.05, 3.63) is 60.7 Å². The minimum absolute atomic E-state index is 0.0404. The second kappa shape index (κ2) is 12.9. The molecule has 1 saturated heterocycles. The molecule has 0 saturated carbocycles. The van der Waals surface area contributed by atoms with E-state index in [1.54, 1.807) is 36.7 Å². The maximum absolute atomic E-state index is 11.9. The fourth-order valence-corrected chi connectivity index (χ4v) is 4.21. The van der Waals surface area contributed by atoms with E-state index in [1.807, 2.05) is 4.57 Å². The molecule has 3 heterocycles. The van der Waals surface area contributed by atoms with Crippen LogP contribution in [0.1, 0.15) is 18.4 Å². The zero-order chi connectivity index (χ0) is 27.1. The van der Waals surface area contributed by atoms with Gasteiger partial charge in [-0.1, -0.05) is 18.2 Å². The highest BCUT2D eigenvalue weighted by Crippen LogP contribution is 2.36. The smallest absolute Gasteiger partial charge is 0.335 e. The van der Waals surface area contributed by atoms with Crippen LogP contribution in [0, 0.1) is 11.8 Å². The number of rotatable bonds is 11. The van der Waals surface area contributed by atoms with Gasteiger partial charge in [-0.3, -0.25) is 4.79 Å². The van der Waals surface area contributed by atoms with Gasteiger partial charge in [0.25, 0.3) is 0 Å². The fourth-order valence-electron chi connectivity index (χ4n) is 4.21. The van der Waals surface area contributed by atoms with Crippen LogP contribution in [0.2, 0.25) is 0 Å². The van der Waals surface area contributed by atoms with Gasteiger partial charge in [0.05, 0.1) is 30.8 Å². The Hall–Kier alpha value is -3.13. The molecule has 0 bridgehead atoms. The molecule has 0 spiro atoms. The number of aliphatic hydroxyl groups excluding tert-OH is 4. The molecule has 0 aromatic carbocycles. The molecular formula is C25H32NO11+. The number of pyridine rings is 1. The average molecular weight is 523 g/mol. The minimum atomic E-state index is -1.66. The van der Waals surface area contributed by atoms with Gasteiger partial charge in [0.1, 0.15) is 31.0 Å². The fraction of sp³-hybridized carbons (Fsp3) is 0.480. The summed E-state index contributed by atoms with van der Waals surface area (Å²) in [4.78, 5) is 22.7. The highest BCUT2D eigenvalue weighted by Gasteiger charge is 2.47. The Balaban J connectivity index is 1.79. The molecule has 6 N–H and O–H groups in total. The van der Waals surface area contributed by atoms with Crippen molar-refractivity contribution in [1.82, 2.24) is 0 Å². The molecule has 1 fully saturated rings. The molecule has 0 radical (unpaired) electrons. The zero-order valence-electron chi connectivity index (χ0n) is 19.9. The summed E-state index contributed by atoms with van der Waals surface area (Å²) in [5.74, 6) is -3.62. The normalized spacial score (nSPS) is 31.9. The van der Waals surface area contributed by atoms with Crippen LogP contribution in [-0.4, -0.2) is 86.2 Å².